The molecule has 0 aromatic carbocycles. The Bertz CT molecular complexity index is 1120. The van der Waals surface area contributed by atoms with Gasteiger partial charge < -0.3 is 20.5 Å². The van der Waals surface area contributed by atoms with Crippen molar-refractivity contribution in [3.05, 3.63) is 23.5 Å². The van der Waals surface area contributed by atoms with Crippen LogP contribution in [0.25, 0.3) is 21.6 Å². The molecule has 1 unspecified atom stereocenters. The fourth-order valence-corrected chi connectivity index (χ4v) is 5.45. The molecule has 30 heavy (non-hydrogen) atoms. The standard InChI is InChI=1S/C20H22N8OS/c1-11-26-27-19(30-11)16-8-24-18-15(2-4-22-18)17(16)25-14-6-12-9-28(10-13(12)7-14)20(29)23-5-3-21/h2,4,8,12-14H,5-7,9-10H2,1H3,(H,23,29)(H2,22,24,25)/t12-,13+,14?. The highest BCUT2D eigenvalue weighted by atomic mass is 32.1. The van der Waals surface area contributed by atoms with Crippen LogP contribution < -0.4 is 10.6 Å². The van der Waals surface area contributed by atoms with Gasteiger partial charge >= 0.3 is 6.03 Å². The average molecular weight is 423 g/mol. The molecule has 3 aromatic heterocycles. The minimum atomic E-state index is -0.132. The van der Waals surface area contributed by atoms with E-state index in [1.807, 2.05) is 36.4 Å². The Balaban J connectivity index is 1.34. The van der Waals surface area contributed by atoms with Crippen molar-refractivity contribution in [2.24, 2.45) is 11.8 Å². The van der Waals surface area contributed by atoms with Crippen LogP contribution >= 0.6 is 11.3 Å². The number of pyridine rings is 1. The van der Waals surface area contributed by atoms with Crippen LogP contribution in [0.15, 0.2) is 18.5 Å². The highest BCUT2D eigenvalue weighted by molar-refractivity contribution is 7.14. The largest absolute Gasteiger partial charge is 0.381 e. The molecule has 3 atom stereocenters. The van der Waals surface area contributed by atoms with Crippen LogP contribution in [0, 0.1) is 30.1 Å². The van der Waals surface area contributed by atoms with E-state index in [0.717, 1.165) is 58.2 Å². The zero-order valence-electron chi connectivity index (χ0n) is 16.6. The molecule has 1 saturated carbocycles. The number of fused-ring (bicyclic) bond motifs is 2. The average Bonchev–Trinajstić information content (AvgIpc) is 3.49. The lowest BCUT2D eigenvalue weighted by atomic mass is 10.0. The third-order valence-electron chi connectivity index (χ3n) is 6.05. The highest BCUT2D eigenvalue weighted by Gasteiger charge is 2.42. The molecule has 0 bridgehead atoms. The number of likely N-dealkylation sites (tertiary alicyclic amines) is 1. The van der Waals surface area contributed by atoms with Crippen molar-refractivity contribution >= 4 is 34.1 Å². The van der Waals surface area contributed by atoms with Crippen molar-refractivity contribution in [1.82, 2.24) is 30.4 Å². The molecule has 2 amide bonds. The molecule has 1 aliphatic heterocycles. The summed E-state index contributed by atoms with van der Waals surface area (Å²) in [6.07, 6.45) is 5.78. The highest BCUT2D eigenvalue weighted by Crippen LogP contribution is 2.42. The first kappa shape index (κ1) is 18.8. The first-order chi connectivity index (χ1) is 14.6. The minimum Gasteiger partial charge on any atom is -0.381 e. The first-order valence-electron chi connectivity index (χ1n) is 10.0. The van der Waals surface area contributed by atoms with Gasteiger partial charge in [-0.2, -0.15) is 5.26 Å². The molecule has 0 spiro atoms. The summed E-state index contributed by atoms with van der Waals surface area (Å²) in [5, 5.41) is 26.4. The summed E-state index contributed by atoms with van der Waals surface area (Å²) >= 11 is 1.56. The number of aromatic nitrogens is 4. The molecule has 2 fully saturated rings. The van der Waals surface area contributed by atoms with Crippen molar-refractivity contribution < 1.29 is 4.79 Å². The molecular weight excluding hydrogens is 400 g/mol. The van der Waals surface area contributed by atoms with Gasteiger partial charge in [-0.25, -0.2) is 9.78 Å². The molecule has 3 N–H and O–H groups in total. The maximum atomic E-state index is 12.2. The van der Waals surface area contributed by atoms with Crippen molar-refractivity contribution in [2.75, 3.05) is 25.0 Å². The number of anilines is 1. The predicted molar refractivity (Wildman–Crippen MR) is 114 cm³/mol. The Morgan fingerprint density at radius 3 is 2.87 bits per heavy atom. The van der Waals surface area contributed by atoms with Gasteiger partial charge in [0.05, 0.1) is 17.3 Å². The van der Waals surface area contributed by atoms with Gasteiger partial charge in [0.25, 0.3) is 0 Å². The summed E-state index contributed by atoms with van der Waals surface area (Å²) in [7, 11) is 0. The van der Waals surface area contributed by atoms with E-state index in [2.05, 4.69) is 30.8 Å². The van der Waals surface area contributed by atoms with E-state index < -0.39 is 0 Å². The van der Waals surface area contributed by atoms with Crippen LogP contribution in [0.4, 0.5) is 10.5 Å². The van der Waals surface area contributed by atoms with E-state index >= 15 is 0 Å². The second-order valence-electron chi connectivity index (χ2n) is 7.97. The van der Waals surface area contributed by atoms with Crippen LogP contribution in [0.1, 0.15) is 17.8 Å². The lowest BCUT2D eigenvalue weighted by Crippen LogP contribution is -2.39. The maximum absolute atomic E-state index is 12.2. The molecule has 2 aliphatic rings. The second kappa shape index (κ2) is 7.57. The Morgan fingerprint density at radius 1 is 1.37 bits per heavy atom. The van der Waals surface area contributed by atoms with Crippen LogP contribution in [0.5, 0.6) is 0 Å². The Labute approximate surface area is 177 Å². The number of amides is 2. The molecule has 5 rings (SSSR count). The number of hydrogen-bond acceptors (Lipinski definition) is 7. The van der Waals surface area contributed by atoms with Crippen LogP contribution in [-0.2, 0) is 0 Å². The smallest absolute Gasteiger partial charge is 0.318 e. The van der Waals surface area contributed by atoms with E-state index in [1.54, 1.807) is 11.3 Å². The lowest BCUT2D eigenvalue weighted by Gasteiger charge is -2.21. The van der Waals surface area contributed by atoms with E-state index in [0.29, 0.717) is 17.9 Å². The topological polar surface area (TPSA) is 123 Å². The molecule has 3 aromatic rings. The Morgan fingerprint density at radius 2 is 2.17 bits per heavy atom. The second-order valence-corrected chi connectivity index (χ2v) is 9.15. The summed E-state index contributed by atoms with van der Waals surface area (Å²) in [4.78, 5) is 21.7. The van der Waals surface area contributed by atoms with Gasteiger partial charge in [0.15, 0.2) is 5.01 Å². The number of hydrogen-bond donors (Lipinski definition) is 3. The van der Waals surface area contributed by atoms with Crippen LogP contribution in [-0.4, -0.2) is 56.8 Å². The van der Waals surface area contributed by atoms with Gasteiger partial charge in [-0.1, -0.05) is 11.3 Å². The van der Waals surface area contributed by atoms with Gasteiger partial charge in [0.1, 0.15) is 17.2 Å². The minimum absolute atomic E-state index is 0.0530. The number of carbonyl (C=O) groups is 1. The lowest BCUT2D eigenvalue weighted by molar-refractivity contribution is 0.206. The number of aromatic amines is 1. The number of H-pyrrole nitrogens is 1. The quantitative estimate of drug-likeness (QED) is 0.556. The summed E-state index contributed by atoms with van der Waals surface area (Å²) in [5.74, 6) is 0.956. The number of nitrogens with zero attached hydrogens (tertiary/aromatic N) is 5. The fourth-order valence-electron chi connectivity index (χ4n) is 4.75. The van der Waals surface area contributed by atoms with E-state index in [4.69, 9.17) is 5.26 Å². The zero-order valence-corrected chi connectivity index (χ0v) is 17.4. The molecule has 1 aliphatic carbocycles. The van der Waals surface area contributed by atoms with Gasteiger partial charge in [-0.15, -0.1) is 10.2 Å². The Hall–Kier alpha value is -3.19. The Kier molecular flexibility index (Phi) is 4.75. The van der Waals surface area contributed by atoms with Gasteiger partial charge in [-0.3, -0.25) is 0 Å². The SMILES string of the molecule is Cc1nnc(-c2cnc3[nH]ccc3c2NC2C[C@@H]3CN(C(=O)NCC#N)C[C@@H]3C2)s1. The van der Waals surface area contributed by atoms with Crippen LogP contribution in [0.2, 0.25) is 0 Å². The predicted octanol–water partition coefficient (Wildman–Crippen LogP) is 2.75. The molecule has 4 heterocycles. The molecule has 9 nitrogen and oxygen atoms in total. The molecule has 0 radical (unpaired) electrons. The van der Waals surface area contributed by atoms with E-state index in [9.17, 15) is 4.79 Å². The maximum Gasteiger partial charge on any atom is 0.318 e. The van der Waals surface area contributed by atoms with Gasteiger partial charge in [0.2, 0.25) is 0 Å². The summed E-state index contributed by atoms with van der Waals surface area (Å²) < 4.78 is 0. The van der Waals surface area contributed by atoms with E-state index in [1.165, 1.54) is 0 Å². The monoisotopic (exact) mass is 422 g/mol. The van der Waals surface area contributed by atoms with Crippen LogP contribution in [0.3, 0.4) is 0 Å². The van der Waals surface area contributed by atoms with Crippen molar-refractivity contribution in [1.29, 1.82) is 5.26 Å². The van der Waals surface area contributed by atoms with Crippen molar-refractivity contribution in [2.45, 2.75) is 25.8 Å². The number of nitrogens with one attached hydrogen (secondary N) is 3. The molecular formula is C20H22N8OS. The number of rotatable bonds is 4. The summed E-state index contributed by atoms with van der Waals surface area (Å²) in [6, 6.07) is 4.19. The fraction of sp³-hybridized carbons (Fsp3) is 0.450. The number of urea groups is 1. The summed E-state index contributed by atoms with van der Waals surface area (Å²) in [6.45, 7) is 3.50. The first-order valence-corrected chi connectivity index (χ1v) is 10.9. The zero-order chi connectivity index (χ0) is 20.7. The molecule has 10 heteroatoms. The van der Waals surface area contributed by atoms with E-state index in [-0.39, 0.29) is 12.6 Å². The number of nitriles is 1. The third-order valence-corrected chi connectivity index (χ3v) is 6.92. The third kappa shape index (κ3) is 3.35. The normalized spacial score (nSPS) is 22.8. The number of aryl methyl sites for hydroxylation is 1. The van der Waals surface area contributed by atoms with Gasteiger partial charge in [-0.05, 0) is 37.7 Å². The van der Waals surface area contributed by atoms with Crippen molar-refractivity contribution in [3.63, 3.8) is 0 Å². The van der Waals surface area contributed by atoms with Crippen molar-refractivity contribution in [3.8, 4) is 16.6 Å². The number of carbonyl (C=O) groups excluding carboxylic acids is 1. The molecule has 154 valence electrons. The summed E-state index contributed by atoms with van der Waals surface area (Å²) in [5.41, 5.74) is 2.87. The van der Waals surface area contributed by atoms with Gasteiger partial charge in [0, 0.05) is 36.9 Å². The molecule has 1 saturated heterocycles.